The van der Waals surface area contributed by atoms with Crippen molar-refractivity contribution in [1.82, 2.24) is 0 Å². The quantitative estimate of drug-likeness (QED) is 0.767. The molecule has 0 radical (unpaired) electrons. The van der Waals surface area contributed by atoms with Crippen LogP contribution in [-0.4, -0.2) is 31.9 Å². The molecule has 0 spiro atoms. The van der Waals surface area contributed by atoms with E-state index in [1.165, 1.54) is 7.11 Å². The van der Waals surface area contributed by atoms with Crippen molar-refractivity contribution in [2.24, 2.45) is 5.92 Å². The van der Waals surface area contributed by atoms with E-state index in [2.05, 4.69) is 0 Å². The van der Waals surface area contributed by atoms with Gasteiger partial charge < -0.3 is 14.2 Å². The van der Waals surface area contributed by atoms with Gasteiger partial charge >= 0.3 is 5.97 Å². The van der Waals surface area contributed by atoms with Gasteiger partial charge in [0.25, 0.3) is 0 Å². The molecule has 1 fully saturated rings. The third-order valence-corrected chi connectivity index (χ3v) is 3.17. The molecule has 4 nitrogen and oxygen atoms in total. The summed E-state index contributed by atoms with van der Waals surface area (Å²) >= 11 is 0. The summed E-state index contributed by atoms with van der Waals surface area (Å²) in [6, 6.07) is 9.58. The summed E-state index contributed by atoms with van der Waals surface area (Å²) in [6.45, 7) is 2.35. The van der Waals surface area contributed by atoms with Crippen molar-refractivity contribution in [3.63, 3.8) is 0 Å². The minimum Gasteiger partial charge on any atom is -0.491 e. The van der Waals surface area contributed by atoms with Gasteiger partial charge in [0.05, 0.1) is 25.2 Å². The molecule has 0 unspecified atom stereocenters. The second kappa shape index (κ2) is 5.87. The monoisotopic (exact) mass is 250 g/mol. The van der Waals surface area contributed by atoms with E-state index < -0.39 is 0 Å². The molecule has 1 aromatic rings. The number of rotatable bonds is 4. The number of para-hydroxylation sites is 1. The van der Waals surface area contributed by atoms with Gasteiger partial charge in [-0.2, -0.15) is 0 Å². The van der Waals surface area contributed by atoms with E-state index in [9.17, 15) is 4.79 Å². The summed E-state index contributed by atoms with van der Waals surface area (Å²) in [4.78, 5) is 11.5. The van der Waals surface area contributed by atoms with Gasteiger partial charge in [0.2, 0.25) is 0 Å². The largest absolute Gasteiger partial charge is 0.491 e. The average molecular weight is 250 g/mol. The highest BCUT2D eigenvalue weighted by Crippen LogP contribution is 2.27. The van der Waals surface area contributed by atoms with E-state index in [0.29, 0.717) is 13.0 Å². The molecule has 0 amide bonds. The van der Waals surface area contributed by atoms with Gasteiger partial charge in [-0.3, -0.25) is 4.79 Å². The molecule has 1 saturated heterocycles. The maximum absolute atomic E-state index is 11.5. The summed E-state index contributed by atoms with van der Waals surface area (Å²) in [6.07, 6.45) is 0.492. The van der Waals surface area contributed by atoms with E-state index >= 15 is 0 Å². The standard InChI is InChI=1S/C14H18O4/c1-10-13(14(15)16-2)8-12(18-10)9-17-11-6-4-3-5-7-11/h3-7,10,12-13H,8-9H2,1-2H3/t10-,12-,13+/m1/s1. The Morgan fingerprint density at radius 2 is 2.11 bits per heavy atom. The van der Waals surface area contributed by atoms with Crippen molar-refractivity contribution in [2.75, 3.05) is 13.7 Å². The lowest BCUT2D eigenvalue weighted by Crippen LogP contribution is -2.22. The lowest BCUT2D eigenvalue weighted by atomic mass is 10.0. The Labute approximate surface area is 107 Å². The van der Waals surface area contributed by atoms with Crippen LogP contribution >= 0.6 is 0 Å². The fraction of sp³-hybridized carbons (Fsp3) is 0.500. The van der Waals surface area contributed by atoms with E-state index in [-0.39, 0.29) is 24.1 Å². The molecule has 0 saturated carbocycles. The molecule has 18 heavy (non-hydrogen) atoms. The van der Waals surface area contributed by atoms with E-state index in [0.717, 1.165) is 5.75 Å². The van der Waals surface area contributed by atoms with Crippen LogP contribution in [0.3, 0.4) is 0 Å². The maximum Gasteiger partial charge on any atom is 0.311 e. The Hall–Kier alpha value is -1.55. The van der Waals surface area contributed by atoms with Crippen molar-refractivity contribution in [2.45, 2.75) is 25.6 Å². The van der Waals surface area contributed by atoms with Gasteiger partial charge in [-0.25, -0.2) is 0 Å². The first-order valence-electron chi connectivity index (χ1n) is 6.12. The predicted octanol–water partition coefficient (Wildman–Crippen LogP) is 2.03. The van der Waals surface area contributed by atoms with Gasteiger partial charge in [-0.05, 0) is 25.5 Å². The first kappa shape index (κ1) is 12.9. The molecule has 1 heterocycles. The van der Waals surface area contributed by atoms with Crippen molar-refractivity contribution in [3.05, 3.63) is 30.3 Å². The van der Waals surface area contributed by atoms with Crippen LogP contribution in [0.1, 0.15) is 13.3 Å². The van der Waals surface area contributed by atoms with Crippen LogP contribution in [0.4, 0.5) is 0 Å². The van der Waals surface area contributed by atoms with Crippen molar-refractivity contribution < 1.29 is 19.0 Å². The highest BCUT2D eigenvalue weighted by Gasteiger charge is 2.38. The lowest BCUT2D eigenvalue weighted by Gasteiger charge is -2.12. The van der Waals surface area contributed by atoms with Crippen molar-refractivity contribution >= 4 is 5.97 Å². The molecule has 1 aliphatic heterocycles. The summed E-state index contributed by atoms with van der Waals surface area (Å²) in [5.74, 6) is 0.430. The van der Waals surface area contributed by atoms with Gasteiger partial charge in [-0.1, -0.05) is 18.2 Å². The zero-order valence-electron chi connectivity index (χ0n) is 10.7. The van der Waals surface area contributed by atoms with Crippen LogP contribution in [0, 0.1) is 5.92 Å². The molecule has 1 aliphatic rings. The molecule has 3 atom stereocenters. The topological polar surface area (TPSA) is 44.8 Å². The molecular weight excluding hydrogens is 232 g/mol. The molecule has 98 valence electrons. The molecule has 0 bridgehead atoms. The Morgan fingerprint density at radius 3 is 2.78 bits per heavy atom. The van der Waals surface area contributed by atoms with E-state index in [1.54, 1.807) is 0 Å². The summed E-state index contributed by atoms with van der Waals surface area (Å²) in [5, 5.41) is 0. The molecule has 2 rings (SSSR count). The number of carbonyl (C=O) groups excluding carboxylic acids is 1. The molecule has 1 aromatic carbocycles. The molecular formula is C14H18O4. The van der Waals surface area contributed by atoms with Crippen LogP contribution in [0.25, 0.3) is 0 Å². The minimum absolute atomic E-state index is 0.0516. The van der Waals surface area contributed by atoms with E-state index in [1.807, 2.05) is 37.3 Å². The van der Waals surface area contributed by atoms with Gasteiger partial charge in [0.1, 0.15) is 12.4 Å². The van der Waals surface area contributed by atoms with Crippen LogP contribution in [0.2, 0.25) is 0 Å². The predicted molar refractivity (Wildman–Crippen MR) is 66.4 cm³/mol. The third kappa shape index (κ3) is 3.01. The zero-order chi connectivity index (χ0) is 13.0. The van der Waals surface area contributed by atoms with Gasteiger partial charge in [0.15, 0.2) is 0 Å². The zero-order valence-corrected chi connectivity index (χ0v) is 10.7. The number of hydrogen-bond donors (Lipinski definition) is 0. The minimum atomic E-state index is -0.204. The lowest BCUT2D eigenvalue weighted by molar-refractivity contribution is -0.146. The molecule has 4 heteroatoms. The van der Waals surface area contributed by atoms with Crippen LogP contribution in [0.5, 0.6) is 5.75 Å². The number of hydrogen-bond acceptors (Lipinski definition) is 4. The fourth-order valence-electron chi connectivity index (χ4n) is 2.18. The van der Waals surface area contributed by atoms with Crippen LogP contribution in [0.15, 0.2) is 30.3 Å². The Bertz CT molecular complexity index is 390. The van der Waals surface area contributed by atoms with Crippen LogP contribution < -0.4 is 4.74 Å². The average Bonchev–Trinajstić information content (AvgIpc) is 2.78. The Balaban J connectivity index is 1.84. The fourth-order valence-corrected chi connectivity index (χ4v) is 2.18. The van der Waals surface area contributed by atoms with Crippen molar-refractivity contribution in [1.29, 1.82) is 0 Å². The molecule has 0 N–H and O–H groups in total. The highest BCUT2D eigenvalue weighted by atomic mass is 16.6. The van der Waals surface area contributed by atoms with Gasteiger partial charge in [0, 0.05) is 0 Å². The van der Waals surface area contributed by atoms with Crippen LogP contribution in [-0.2, 0) is 14.3 Å². The number of ether oxygens (including phenoxy) is 3. The SMILES string of the molecule is COC(=O)[C@H]1C[C@H](COc2ccccc2)O[C@@H]1C. The Kier molecular flexibility index (Phi) is 4.20. The summed E-state index contributed by atoms with van der Waals surface area (Å²) < 4.78 is 16.1. The number of benzene rings is 1. The smallest absolute Gasteiger partial charge is 0.311 e. The van der Waals surface area contributed by atoms with Crippen molar-refractivity contribution in [3.8, 4) is 5.75 Å². The van der Waals surface area contributed by atoms with E-state index in [4.69, 9.17) is 14.2 Å². The first-order chi connectivity index (χ1) is 8.70. The molecule has 0 aliphatic carbocycles. The Morgan fingerprint density at radius 1 is 1.39 bits per heavy atom. The second-order valence-electron chi connectivity index (χ2n) is 4.45. The molecule has 0 aromatic heterocycles. The summed E-state index contributed by atoms with van der Waals surface area (Å²) in [7, 11) is 1.41. The number of methoxy groups -OCH3 is 1. The second-order valence-corrected chi connectivity index (χ2v) is 4.45. The number of carbonyl (C=O) groups is 1. The highest BCUT2D eigenvalue weighted by molar-refractivity contribution is 5.73. The van der Waals surface area contributed by atoms with Gasteiger partial charge in [-0.15, -0.1) is 0 Å². The third-order valence-electron chi connectivity index (χ3n) is 3.17. The maximum atomic E-state index is 11.5. The summed E-state index contributed by atoms with van der Waals surface area (Å²) in [5.41, 5.74) is 0. The number of esters is 1. The first-order valence-corrected chi connectivity index (χ1v) is 6.12. The normalized spacial score (nSPS) is 26.9.